The number of amides is 1. The lowest BCUT2D eigenvalue weighted by Crippen LogP contribution is -2.43. The van der Waals surface area contributed by atoms with E-state index >= 15 is 0 Å². The maximum Gasteiger partial charge on any atom is 0.412 e. The minimum absolute atomic E-state index is 0.239. The highest BCUT2D eigenvalue weighted by Gasteiger charge is 2.43. The molecule has 2 atom stereocenters. The zero-order valence-electron chi connectivity index (χ0n) is 13.8. The van der Waals surface area contributed by atoms with Gasteiger partial charge in [0.1, 0.15) is 17.6 Å². The number of carbonyl (C=O) groups is 2. The zero-order chi connectivity index (χ0) is 16.4. The van der Waals surface area contributed by atoms with Crippen LogP contribution in [0.1, 0.15) is 48.0 Å². The Kier molecular flexibility index (Phi) is 5.72. The number of ether oxygens (including phenoxy) is 1. The molecule has 2 saturated heterocycles. The molecule has 0 aromatic carbocycles. The number of thioether (sulfide) groups is 1. The molecule has 2 unspecified atom stereocenters. The number of carbonyl (C=O) groups excluding carboxylic acids is 2. The Hall–Kier alpha value is -0.750. The van der Waals surface area contributed by atoms with Crippen molar-refractivity contribution >= 4 is 23.6 Å². The minimum atomic E-state index is -0.743. The highest BCUT2D eigenvalue weighted by molar-refractivity contribution is 8.07. The number of aliphatic hydroxyl groups excluding tert-OH is 1. The molecule has 6 heteroatoms. The van der Waals surface area contributed by atoms with Crippen molar-refractivity contribution in [3.8, 4) is 0 Å². The molecular formula is C15H27NO4S. The summed E-state index contributed by atoms with van der Waals surface area (Å²) < 4.78 is 5.21. The summed E-state index contributed by atoms with van der Waals surface area (Å²) in [6, 6.07) is 0. The molecule has 0 aliphatic carbocycles. The van der Waals surface area contributed by atoms with Crippen molar-refractivity contribution in [3.05, 3.63) is 0 Å². The maximum absolute atomic E-state index is 11.7. The van der Waals surface area contributed by atoms with E-state index in [1.807, 2.05) is 34.6 Å². The number of hydrogen-bond acceptors (Lipinski definition) is 5. The fourth-order valence-corrected chi connectivity index (χ4v) is 2.44. The first-order chi connectivity index (χ1) is 9.44. The third-order valence-electron chi connectivity index (χ3n) is 3.41. The predicted octanol–water partition coefficient (Wildman–Crippen LogP) is 2.66. The quantitative estimate of drug-likeness (QED) is 0.753. The van der Waals surface area contributed by atoms with Gasteiger partial charge in [0, 0.05) is 17.7 Å². The lowest BCUT2D eigenvalue weighted by atomic mass is 9.91. The van der Waals surface area contributed by atoms with Gasteiger partial charge in [0.2, 0.25) is 0 Å². The standard InChI is InChI=1S/C11H21NO3.C4H6OS/c1-10(2,3)15-9(14)12-7-6-11(4,5)8(12)13;1-3(5)4-2-6-4/h8,13H,6-7H2,1-5H3;4H,2H2,1H3. The minimum Gasteiger partial charge on any atom is -0.444 e. The molecule has 1 amide bonds. The van der Waals surface area contributed by atoms with Gasteiger partial charge in [0.05, 0.1) is 5.25 Å². The molecular weight excluding hydrogens is 290 g/mol. The highest BCUT2D eigenvalue weighted by Crippen LogP contribution is 2.35. The van der Waals surface area contributed by atoms with Crippen molar-refractivity contribution in [3.63, 3.8) is 0 Å². The number of nitrogens with zero attached hydrogens (tertiary/aromatic N) is 1. The van der Waals surface area contributed by atoms with E-state index in [9.17, 15) is 14.7 Å². The number of aliphatic hydroxyl groups is 1. The number of rotatable bonds is 1. The van der Waals surface area contributed by atoms with Gasteiger partial charge in [-0.2, -0.15) is 0 Å². The fourth-order valence-electron chi connectivity index (χ4n) is 1.88. The first kappa shape index (κ1) is 18.3. The second-order valence-corrected chi connectivity index (χ2v) is 8.45. The van der Waals surface area contributed by atoms with Gasteiger partial charge in [-0.3, -0.25) is 9.69 Å². The van der Waals surface area contributed by atoms with E-state index in [4.69, 9.17) is 4.74 Å². The SMILES string of the molecule is CC(=O)C1CS1.CC(C)(C)OC(=O)N1CCC(C)(C)C1O. The molecule has 2 aliphatic rings. The molecule has 0 saturated carbocycles. The van der Waals surface area contributed by atoms with Gasteiger partial charge in [-0.05, 0) is 34.1 Å². The van der Waals surface area contributed by atoms with Crippen LogP contribution < -0.4 is 0 Å². The second kappa shape index (κ2) is 6.57. The summed E-state index contributed by atoms with van der Waals surface area (Å²) in [5.74, 6) is 1.40. The van der Waals surface area contributed by atoms with Crippen LogP contribution >= 0.6 is 11.8 Å². The van der Waals surface area contributed by atoms with Crippen LogP contribution in [0.15, 0.2) is 0 Å². The molecule has 2 aliphatic heterocycles. The zero-order valence-corrected chi connectivity index (χ0v) is 14.6. The fraction of sp³-hybridized carbons (Fsp3) is 0.867. The highest BCUT2D eigenvalue weighted by atomic mass is 32.2. The van der Waals surface area contributed by atoms with Crippen molar-refractivity contribution in [2.45, 2.75) is 65.0 Å². The third-order valence-corrected chi connectivity index (χ3v) is 4.40. The lowest BCUT2D eigenvalue weighted by molar-refractivity contribution is -0.115. The maximum atomic E-state index is 11.7. The van der Waals surface area contributed by atoms with Gasteiger partial charge in [-0.1, -0.05) is 13.8 Å². The van der Waals surface area contributed by atoms with E-state index in [1.54, 1.807) is 18.7 Å². The summed E-state index contributed by atoms with van der Waals surface area (Å²) in [5, 5.41) is 10.3. The average molecular weight is 317 g/mol. The van der Waals surface area contributed by atoms with E-state index in [2.05, 4.69) is 0 Å². The first-order valence-electron chi connectivity index (χ1n) is 7.24. The molecule has 2 fully saturated rings. The Morgan fingerprint density at radius 1 is 1.33 bits per heavy atom. The van der Waals surface area contributed by atoms with E-state index < -0.39 is 17.9 Å². The van der Waals surface area contributed by atoms with Gasteiger partial charge in [0.15, 0.2) is 0 Å². The summed E-state index contributed by atoms with van der Waals surface area (Å²) in [4.78, 5) is 23.3. The summed E-state index contributed by atoms with van der Waals surface area (Å²) >= 11 is 1.73. The van der Waals surface area contributed by atoms with E-state index in [0.29, 0.717) is 17.6 Å². The molecule has 1 N–H and O–H groups in total. The van der Waals surface area contributed by atoms with Crippen LogP contribution in [0.5, 0.6) is 0 Å². The first-order valence-corrected chi connectivity index (χ1v) is 8.29. The van der Waals surface area contributed by atoms with Crippen molar-refractivity contribution in [1.82, 2.24) is 4.90 Å². The molecule has 122 valence electrons. The third kappa shape index (κ3) is 5.87. The van der Waals surface area contributed by atoms with E-state index in [0.717, 1.165) is 12.2 Å². The lowest BCUT2D eigenvalue weighted by Gasteiger charge is -2.29. The predicted molar refractivity (Wildman–Crippen MR) is 84.3 cm³/mol. The Labute approximate surface area is 131 Å². The smallest absolute Gasteiger partial charge is 0.412 e. The molecule has 2 rings (SSSR count). The normalized spacial score (nSPS) is 26.7. The summed E-state index contributed by atoms with van der Waals surface area (Å²) in [6.45, 7) is 11.5. The molecule has 5 nitrogen and oxygen atoms in total. The number of ketones is 1. The van der Waals surface area contributed by atoms with Crippen LogP contribution in [-0.2, 0) is 9.53 Å². The topological polar surface area (TPSA) is 66.8 Å². The molecule has 0 aromatic rings. The number of likely N-dealkylation sites (tertiary alicyclic amines) is 1. The van der Waals surface area contributed by atoms with Gasteiger partial charge >= 0.3 is 6.09 Å². The van der Waals surface area contributed by atoms with Gasteiger partial charge in [-0.25, -0.2) is 4.79 Å². The molecule has 0 spiro atoms. The van der Waals surface area contributed by atoms with E-state index in [-0.39, 0.29) is 5.41 Å². The molecule has 0 bridgehead atoms. The Bertz CT molecular complexity index is 399. The van der Waals surface area contributed by atoms with E-state index in [1.165, 1.54) is 4.90 Å². The van der Waals surface area contributed by atoms with Gasteiger partial charge in [-0.15, -0.1) is 11.8 Å². The van der Waals surface area contributed by atoms with Gasteiger partial charge in [0.25, 0.3) is 0 Å². The second-order valence-electron chi connectivity index (χ2n) is 7.22. The summed E-state index contributed by atoms with van der Waals surface area (Å²) in [6.07, 6.45) is -0.374. The van der Waals surface area contributed by atoms with Crippen molar-refractivity contribution in [2.75, 3.05) is 12.3 Å². The van der Waals surface area contributed by atoms with Crippen molar-refractivity contribution in [1.29, 1.82) is 0 Å². The monoisotopic (exact) mass is 317 g/mol. The molecule has 2 heterocycles. The molecule has 0 aromatic heterocycles. The molecule has 0 radical (unpaired) electrons. The van der Waals surface area contributed by atoms with Crippen LogP contribution in [0, 0.1) is 5.41 Å². The van der Waals surface area contributed by atoms with Crippen molar-refractivity contribution in [2.24, 2.45) is 5.41 Å². The summed E-state index contributed by atoms with van der Waals surface area (Å²) in [5.41, 5.74) is -0.750. The van der Waals surface area contributed by atoms with Crippen LogP contribution in [0.3, 0.4) is 0 Å². The Morgan fingerprint density at radius 3 is 2.10 bits per heavy atom. The number of hydrogen-bond donors (Lipinski definition) is 1. The average Bonchev–Trinajstić information content (AvgIpc) is 3.07. The van der Waals surface area contributed by atoms with Gasteiger partial charge < -0.3 is 9.84 Å². The number of Topliss-reactive ketones (excluding diaryl/α,β-unsaturated/α-hetero) is 1. The Balaban J connectivity index is 0.000000304. The van der Waals surface area contributed by atoms with Crippen LogP contribution in [0.25, 0.3) is 0 Å². The van der Waals surface area contributed by atoms with Crippen molar-refractivity contribution < 1.29 is 19.4 Å². The van der Waals surface area contributed by atoms with Crippen LogP contribution in [0.2, 0.25) is 0 Å². The van der Waals surface area contributed by atoms with Crippen LogP contribution in [-0.4, -0.2) is 51.3 Å². The largest absolute Gasteiger partial charge is 0.444 e. The summed E-state index contributed by atoms with van der Waals surface area (Å²) in [7, 11) is 0. The Morgan fingerprint density at radius 2 is 1.86 bits per heavy atom. The van der Waals surface area contributed by atoms with Crippen LogP contribution in [0.4, 0.5) is 4.79 Å². The molecule has 21 heavy (non-hydrogen) atoms.